The number of esters is 1. The van der Waals surface area contributed by atoms with Gasteiger partial charge in [0.2, 0.25) is 5.91 Å². The number of rotatable bonds is 25. The molecule has 0 aromatic heterocycles. The molecule has 2 fully saturated rings. The Morgan fingerprint density at radius 1 is 0.691 bits per heavy atom. The zero-order valence-corrected chi connectivity index (χ0v) is 35.4. The van der Waals surface area contributed by atoms with Gasteiger partial charge in [0, 0.05) is 39.7 Å². The highest BCUT2D eigenvalue weighted by Crippen LogP contribution is 2.64. The van der Waals surface area contributed by atoms with Crippen molar-refractivity contribution in [3.63, 3.8) is 0 Å². The summed E-state index contributed by atoms with van der Waals surface area (Å²) in [6.45, 7) is -3.28. The van der Waals surface area contributed by atoms with Gasteiger partial charge in [-0.05, 0) is 32.1 Å². The lowest BCUT2D eigenvalue weighted by molar-refractivity contribution is -0.461. The Hall–Kier alpha value is -3.34. The monoisotopic (exact) mass is 1040 g/mol. The number of amides is 1. The molecule has 33 heteroatoms. The first-order valence-corrected chi connectivity index (χ1v) is 19.9. The smallest absolute Gasteiger partial charge is 0.460 e. The maximum absolute atomic E-state index is 14.3. The minimum absolute atomic E-state index is 0.000303. The second-order valence-electron chi connectivity index (χ2n) is 15.6. The molecule has 0 aromatic carbocycles. The largest absolute Gasteiger partial charge is 0.465 e. The Morgan fingerprint density at radius 3 is 1.78 bits per heavy atom. The normalized spacial score (nSPS) is 25.8. The van der Waals surface area contributed by atoms with Gasteiger partial charge in [-0.3, -0.25) is 14.6 Å². The third kappa shape index (κ3) is 13.3. The van der Waals surface area contributed by atoms with E-state index >= 15 is 0 Å². The van der Waals surface area contributed by atoms with Gasteiger partial charge in [-0.15, -0.1) is 0 Å². The third-order valence-corrected chi connectivity index (χ3v) is 10.3. The van der Waals surface area contributed by atoms with Crippen LogP contribution in [0.25, 0.3) is 0 Å². The van der Waals surface area contributed by atoms with Crippen molar-refractivity contribution in [2.75, 3.05) is 53.6 Å². The fraction of sp³-hybridized carbons (Fsp3) is 0.914. The molecule has 68 heavy (non-hydrogen) atoms. The number of halogens is 17. The molecule has 9 atom stereocenters. The molecule has 2 heterocycles. The van der Waals surface area contributed by atoms with Crippen molar-refractivity contribution >= 4 is 17.8 Å². The number of hydrogen-bond acceptors (Lipinski definition) is 13. The van der Waals surface area contributed by atoms with Crippen molar-refractivity contribution in [2.45, 2.75) is 142 Å². The maximum atomic E-state index is 14.3. The van der Waals surface area contributed by atoms with E-state index in [2.05, 4.69) is 15.0 Å². The second-order valence-corrected chi connectivity index (χ2v) is 15.6. The van der Waals surface area contributed by atoms with Crippen LogP contribution in [-0.2, 0) is 33.3 Å². The van der Waals surface area contributed by atoms with E-state index < -0.39 is 141 Å². The highest BCUT2D eigenvalue weighted by atomic mass is 19.4. The molecule has 0 aromatic rings. The minimum atomic E-state index is -8.79. The van der Waals surface area contributed by atoms with Gasteiger partial charge in [0.25, 0.3) is 0 Å². The molecular formula is C35H49F17N4O12. The van der Waals surface area contributed by atoms with Crippen molar-refractivity contribution in [1.82, 2.24) is 10.2 Å². The number of aliphatic hydroxyl groups is 5. The Bertz CT molecular complexity index is 1670. The number of alkyl halides is 17. The van der Waals surface area contributed by atoms with Gasteiger partial charge in [-0.2, -0.15) is 74.6 Å². The summed E-state index contributed by atoms with van der Waals surface area (Å²) in [5.41, 5.74) is 5.65. The molecule has 2 aliphatic heterocycles. The van der Waals surface area contributed by atoms with Crippen LogP contribution in [0.15, 0.2) is 4.99 Å². The van der Waals surface area contributed by atoms with E-state index in [1.54, 1.807) is 0 Å². The van der Waals surface area contributed by atoms with E-state index in [-0.39, 0.29) is 64.4 Å². The zero-order valence-electron chi connectivity index (χ0n) is 35.4. The number of aliphatic hydroxyl groups excluding tert-OH is 5. The quantitative estimate of drug-likeness (QED) is 0.0229. The van der Waals surface area contributed by atoms with Crippen LogP contribution in [0.5, 0.6) is 0 Å². The van der Waals surface area contributed by atoms with E-state index in [0.717, 1.165) is 0 Å². The number of aliphatic imine (C=N–C) groups is 1. The summed E-state index contributed by atoms with van der Waals surface area (Å²) >= 11 is 0. The molecule has 0 aliphatic carbocycles. The predicted octanol–water partition coefficient (Wildman–Crippen LogP) is 2.80. The van der Waals surface area contributed by atoms with Crippen molar-refractivity contribution in [3.05, 3.63) is 0 Å². The summed E-state index contributed by atoms with van der Waals surface area (Å²) in [5.74, 6) is -61.8. The fourth-order valence-electron chi connectivity index (χ4n) is 5.97. The van der Waals surface area contributed by atoms with Crippen LogP contribution in [0.2, 0.25) is 0 Å². The first-order valence-electron chi connectivity index (χ1n) is 19.9. The third-order valence-electron chi connectivity index (χ3n) is 10.3. The second kappa shape index (κ2) is 23.3. The first kappa shape index (κ1) is 60.8. The summed E-state index contributed by atoms with van der Waals surface area (Å²) in [5, 5.41) is 52.7. The highest BCUT2D eigenvalue weighted by Gasteiger charge is 2.95. The van der Waals surface area contributed by atoms with E-state index in [4.69, 9.17) is 24.7 Å². The number of ether oxygens (including phenoxy) is 5. The number of nitrogens with zero attached hydrogens (tertiary/aromatic N) is 2. The van der Waals surface area contributed by atoms with Gasteiger partial charge in [-0.25, -0.2) is 0 Å². The average molecular weight is 1040 g/mol. The van der Waals surface area contributed by atoms with Crippen LogP contribution in [0.4, 0.5) is 74.6 Å². The van der Waals surface area contributed by atoms with Crippen LogP contribution in [0, 0.1) is 5.92 Å². The van der Waals surface area contributed by atoms with Crippen LogP contribution in [0.3, 0.4) is 0 Å². The summed E-state index contributed by atoms with van der Waals surface area (Å²) in [4.78, 5) is 30.8. The molecular weight excluding hydrogens is 991 g/mol. The van der Waals surface area contributed by atoms with Crippen LogP contribution in [-0.4, -0.2) is 199 Å². The van der Waals surface area contributed by atoms with Gasteiger partial charge in [-0.1, -0.05) is 0 Å². The Labute approximate surface area is 373 Å². The van der Waals surface area contributed by atoms with Gasteiger partial charge < -0.3 is 65.2 Å². The SMILES string of the molecule is CN(C)C(N)=NCCC[C@H](CC(=O)OCCC(F)(F)C(F)(F)C(F)(F)C(F)(F)C(F)(F)C(F)(F)C(F)(F)C(F)(F)F)C(=O)NCCCCCO[C@@H]1OC[C@@H](O[C@@H]2OC[C@@H](O)[C@H](O)C2O)[C@H](O)C1O. The lowest BCUT2D eigenvalue weighted by Gasteiger charge is -2.42. The zero-order chi connectivity index (χ0) is 52.6. The van der Waals surface area contributed by atoms with E-state index in [0.29, 0.717) is 0 Å². The minimum Gasteiger partial charge on any atom is -0.465 e. The van der Waals surface area contributed by atoms with Crippen molar-refractivity contribution in [3.8, 4) is 0 Å². The van der Waals surface area contributed by atoms with E-state index in [9.17, 15) is 110 Å². The van der Waals surface area contributed by atoms with Crippen LogP contribution in [0.1, 0.15) is 44.9 Å². The number of nitrogens with one attached hydrogen (secondary N) is 1. The molecule has 2 rings (SSSR count). The molecule has 0 spiro atoms. The van der Waals surface area contributed by atoms with Crippen molar-refractivity contribution in [2.24, 2.45) is 16.6 Å². The fourth-order valence-corrected chi connectivity index (χ4v) is 5.97. The van der Waals surface area contributed by atoms with Crippen molar-refractivity contribution < 1.29 is 133 Å². The molecule has 0 radical (unpaired) electrons. The van der Waals surface area contributed by atoms with Crippen molar-refractivity contribution in [1.29, 1.82) is 0 Å². The highest BCUT2D eigenvalue weighted by molar-refractivity contribution is 5.83. The van der Waals surface area contributed by atoms with Gasteiger partial charge in [0.1, 0.15) is 36.6 Å². The number of carbonyl (C=O) groups is 2. The number of nitrogens with two attached hydrogens (primary N) is 1. The Morgan fingerprint density at radius 2 is 1.22 bits per heavy atom. The van der Waals surface area contributed by atoms with Crippen LogP contribution >= 0.6 is 0 Å². The molecule has 0 bridgehead atoms. The van der Waals surface area contributed by atoms with Gasteiger partial charge >= 0.3 is 53.6 Å². The Kier molecular flexibility index (Phi) is 20.8. The molecule has 0 saturated carbocycles. The van der Waals surface area contributed by atoms with E-state index in [1.165, 1.54) is 19.0 Å². The summed E-state index contributed by atoms with van der Waals surface area (Å²) in [6, 6.07) is 0. The van der Waals surface area contributed by atoms with E-state index in [1.807, 2.05) is 0 Å². The molecule has 2 aliphatic rings. The Balaban J connectivity index is 1.98. The molecule has 16 nitrogen and oxygen atoms in total. The van der Waals surface area contributed by atoms with Gasteiger partial charge in [0.05, 0.1) is 32.7 Å². The average Bonchev–Trinajstić information content (AvgIpc) is 3.22. The predicted molar refractivity (Wildman–Crippen MR) is 191 cm³/mol. The topological polar surface area (TPSA) is 235 Å². The summed E-state index contributed by atoms with van der Waals surface area (Å²) in [6.07, 6.45) is -23.7. The number of guanidine groups is 1. The summed E-state index contributed by atoms with van der Waals surface area (Å²) in [7, 11) is 3.01. The van der Waals surface area contributed by atoms with Crippen LogP contribution < -0.4 is 11.1 Å². The molecule has 400 valence electrons. The first-order chi connectivity index (χ1) is 30.9. The summed E-state index contributed by atoms with van der Waals surface area (Å²) < 4.78 is 256. The van der Waals surface area contributed by atoms with Gasteiger partial charge in [0.15, 0.2) is 18.5 Å². The lowest BCUT2D eigenvalue weighted by atomic mass is 9.88. The maximum Gasteiger partial charge on any atom is 0.460 e. The standard InChI is InChI=1S/C35H49F17N4O12/c1-56(2)27(53)55-10-6-7-16(24(63)54-9-4-3-5-11-65-25-23(62)21(60)18(15-67-25)68-26-22(61)20(59)17(57)14-66-26)13-19(58)64-12-8-28(36,37)29(38,39)30(40,41)31(42,43)32(44,45)33(46,47)34(48,49)35(50,51)52/h16-18,20-23,25-26,57,59-62H,3-15H2,1-2H3,(H2,53,55)(H,54,63)/t16-,17-,18-,20+,21+,22?,23?,25-,26+/m1/s1. The molecule has 2 saturated heterocycles. The number of unbranched alkanes of at least 4 members (excludes halogenated alkanes) is 2. The molecule has 2 unspecified atom stereocenters. The number of carbonyl (C=O) groups excluding carboxylic acids is 2. The number of hydrogen-bond donors (Lipinski definition) is 7. The molecule has 8 N–H and O–H groups in total. The lowest BCUT2D eigenvalue weighted by Crippen LogP contribution is -2.74. The molecule has 1 amide bonds.